The molecule has 5 nitrogen and oxygen atoms in total. The number of hydrogen-bond donors (Lipinski definition) is 2. The molecular formula is C25H24FN3O2. The van der Waals surface area contributed by atoms with Crippen LogP contribution < -0.4 is 10.1 Å². The van der Waals surface area contributed by atoms with Crippen LogP contribution in [0.5, 0.6) is 5.75 Å². The second kappa shape index (κ2) is 9.43. The average molecular weight is 417 g/mol. The number of halogens is 1. The van der Waals surface area contributed by atoms with Gasteiger partial charge in [-0.3, -0.25) is 9.78 Å². The van der Waals surface area contributed by atoms with Crippen LogP contribution in [0.1, 0.15) is 25.3 Å². The Labute approximate surface area is 180 Å². The quantitative estimate of drug-likeness (QED) is 0.385. The minimum Gasteiger partial charge on any atom is -0.492 e. The summed E-state index contributed by atoms with van der Waals surface area (Å²) in [6, 6.07) is 17.8. The maximum absolute atomic E-state index is 13.9. The fraction of sp³-hybridized carbons (Fsp3) is 0.200. The molecule has 158 valence electrons. The predicted molar refractivity (Wildman–Crippen MR) is 121 cm³/mol. The summed E-state index contributed by atoms with van der Waals surface area (Å²) in [6.45, 7) is 2.43. The molecule has 0 aliphatic carbocycles. The van der Waals surface area contributed by atoms with E-state index in [1.54, 1.807) is 12.3 Å². The number of H-pyrrole nitrogens is 1. The number of hydrogen-bond acceptors (Lipinski definition) is 3. The summed E-state index contributed by atoms with van der Waals surface area (Å²) in [5.41, 5.74) is 4.15. The van der Waals surface area contributed by atoms with Crippen LogP contribution in [0.15, 0.2) is 66.9 Å². The molecule has 0 spiro atoms. The van der Waals surface area contributed by atoms with Crippen LogP contribution in [0.25, 0.3) is 22.3 Å². The minimum absolute atomic E-state index is 0.0856. The van der Waals surface area contributed by atoms with Crippen molar-refractivity contribution in [1.29, 1.82) is 0 Å². The van der Waals surface area contributed by atoms with E-state index >= 15 is 0 Å². The lowest BCUT2D eigenvalue weighted by Gasteiger charge is -2.11. The highest BCUT2D eigenvalue weighted by atomic mass is 19.1. The van der Waals surface area contributed by atoms with E-state index in [-0.39, 0.29) is 11.7 Å². The van der Waals surface area contributed by atoms with Crippen LogP contribution in [-0.2, 0) is 11.2 Å². The molecule has 0 radical (unpaired) electrons. The van der Waals surface area contributed by atoms with Gasteiger partial charge in [-0.25, -0.2) is 4.39 Å². The molecule has 31 heavy (non-hydrogen) atoms. The molecule has 4 rings (SSSR count). The number of anilines is 1. The van der Waals surface area contributed by atoms with Gasteiger partial charge in [0.2, 0.25) is 5.91 Å². The molecule has 2 N–H and O–H groups in total. The molecule has 2 heterocycles. The van der Waals surface area contributed by atoms with Gasteiger partial charge >= 0.3 is 0 Å². The second-order valence-corrected chi connectivity index (χ2v) is 7.21. The van der Waals surface area contributed by atoms with Crippen molar-refractivity contribution in [3.63, 3.8) is 0 Å². The molecule has 0 saturated carbocycles. The van der Waals surface area contributed by atoms with Gasteiger partial charge in [0.15, 0.2) is 0 Å². The Balaban J connectivity index is 1.50. The fourth-order valence-corrected chi connectivity index (χ4v) is 3.70. The Morgan fingerprint density at radius 3 is 2.77 bits per heavy atom. The van der Waals surface area contributed by atoms with Crippen molar-refractivity contribution >= 4 is 22.5 Å². The van der Waals surface area contributed by atoms with Crippen LogP contribution >= 0.6 is 0 Å². The predicted octanol–water partition coefficient (Wildman–Crippen LogP) is 5.73. The Morgan fingerprint density at radius 1 is 1.13 bits per heavy atom. The molecule has 4 aromatic rings. The Hall–Kier alpha value is -3.67. The van der Waals surface area contributed by atoms with E-state index < -0.39 is 0 Å². The van der Waals surface area contributed by atoms with E-state index in [4.69, 9.17) is 4.74 Å². The van der Waals surface area contributed by atoms with Crippen molar-refractivity contribution < 1.29 is 13.9 Å². The smallest absolute Gasteiger partial charge is 0.224 e. The van der Waals surface area contributed by atoms with Gasteiger partial charge in [-0.2, -0.15) is 0 Å². The molecule has 0 unspecified atom stereocenters. The third-order valence-electron chi connectivity index (χ3n) is 5.08. The van der Waals surface area contributed by atoms with Crippen molar-refractivity contribution in [2.45, 2.75) is 26.2 Å². The van der Waals surface area contributed by atoms with Gasteiger partial charge in [0.25, 0.3) is 0 Å². The summed E-state index contributed by atoms with van der Waals surface area (Å²) in [6.07, 6.45) is 3.31. The minimum atomic E-state index is -0.286. The number of aromatic nitrogens is 2. The highest BCUT2D eigenvalue weighted by molar-refractivity contribution is 5.93. The lowest BCUT2D eigenvalue weighted by atomic mass is 10.0. The number of carbonyl (C=O) groups excluding carboxylic acids is 1. The third kappa shape index (κ3) is 4.74. The topological polar surface area (TPSA) is 67.0 Å². The molecule has 0 bridgehead atoms. The third-order valence-corrected chi connectivity index (χ3v) is 5.08. The summed E-state index contributed by atoms with van der Waals surface area (Å²) < 4.78 is 19.5. The summed E-state index contributed by atoms with van der Waals surface area (Å²) in [7, 11) is 0. The maximum Gasteiger partial charge on any atom is 0.224 e. The van der Waals surface area contributed by atoms with Gasteiger partial charge in [0, 0.05) is 23.5 Å². The number of nitrogens with one attached hydrogen (secondary N) is 2. The number of ether oxygens (including phenoxy) is 1. The summed E-state index contributed by atoms with van der Waals surface area (Å²) >= 11 is 0. The van der Waals surface area contributed by atoms with Crippen molar-refractivity contribution in [1.82, 2.24) is 9.97 Å². The van der Waals surface area contributed by atoms with E-state index in [1.165, 1.54) is 12.1 Å². The lowest BCUT2D eigenvalue weighted by Crippen LogP contribution is -2.12. The largest absolute Gasteiger partial charge is 0.492 e. The number of para-hydroxylation sites is 2. The summed E-state index contributed by atoms with van der Waals surface area (Å²) in [5.74, 6) is 0.283. The van der Waals surface area contributed by atoms with Gasteiger partial charge in [-0.15, -0.1) is 0 Å². The zero-order valence-electron chi connectivity index (χ0n) is 17.3. The van der Waals surface area contributed by atoms with Gasteiger partial charge in [-0.1, -0.05) is 18.2 Å². The van der Waals surface area contributed by atoms with Crippen LogP contribution in [0.3, 0.4) is 0 Å². The van der Waals surface area contributed by atoms with Gasteiger partial charge < -0.3 is 15.0 Å². The van der Waals surface area contributed by atoms with Gasteiger partial charge in [-0.05, 0) is 67.8 Å². The average Bonchev–Trinajstić information content (AvgIpc) is 3.14. The Kier molecular flexibility index (Phi) is 6.26. The molecule has 0 fully saturated rings. The van der Waals surface area contributed by atoms with Crippen molar-refractivity contribution in [3.05, 3.63) is 78.2 Å². The van der Waals surface area contributed by atoms with E-state index in [2.05, 4.69) is 15.3 Å². The van der Waals surface area contributed by atoms with Crippen molar-refractivity contribution in [3.8, 4) is 17.1 Å². The molecule has 1 amide bonds. The first kappa shape index (κ1) is 20.6. The molecular weight excluding hydrogens is 393 g/mol. The van der Waals surface area contributed by atoms with E-state index in [0.717, 1.165) is 27.9 Å². The standard InChI is InChI=1S/C25H24FN3O2/c1-2-31-23-11-4-3-9-21(23)28-24(30)12-7-8-18-19-16-17(26)13-14-20(19)29-25(18)22-10-5-6-15-27-22/h3-6,9-11,13-16,29H,2,7-8,12H2,1H3,(H,28,30). The monoisotopic (exact) mass is 417 g/mol. The van der Waals surface area contributed by atoms with E-state index in [0.29, 0.717) is 37.3 Å². The van der Waals surface area contributed by atoms with Gasteiger partial charge in [0.1, 0.15) is 11.6 Å². The number of carbonyl (C=O) groups is 1. The number of fused-ring (bicyclic) bond motifs is 1. The van der Waals surface area contributed by atoms with Crippen molar-refractivity contribution in [2.24, 2.45) is 0 Å². The SMILES string of the molecule is CCOc1ccccc1NC(=O)CCCc1c(-c2ccccn2)[nH]c2ccc(F)cc12. The Morgan fingerprint density at radius 2 is 1.97 bits per heavy atom. The number of aryl methyl sites for hydroxylation is 1. The molecule has 0 aliphatic rings. The number of aromatic amines is 1. The van der Waals surface area contributed by atoms with Crippen LogP contribution in [0.2, 0.25) is 0 Å². The zero-order valence-corrected chi connectivity index (χ0v) is 17.3. The summed E-state index contributed by atoms with van der Waals surface area (Å²) in [5, 5.41) is 3.75. The molecule has 0 aliphatic heterocycles. The number of nitrogens with zero attached hydrogens (tertiary/aromatic N) is 1. The molecule has 0 saturated heterocycles. The van der Waals surface area contributed by atoms with Crippen LogP contribution in [0, 0.1) is 5.82 Å². The molecule has 0 atom stereocenters. The number of pyridine rings is 1. The highest BCUT2D eigenvalue weighted by Gasteiger charge is 2.15. The first-order valence-electron chi connectivity index (χ1n) is 10.4. The lowest BCUT2D eigenvalue weighted by molar-refractivity contribution is -0.116. The maximum atomic E-state index is 13.9. The van der Waals surface area contributed by atoms with Crippen molar-refractivity contribution in [2.75, 3.05) is 11.9 Å². The van der Waals surface area contributed by atoms with Gasteiger partial charge in [0.05, 0.1) is 23.7 Å². The van der Waals surface area contributed by atoms with Crippen LogP contribution in [-0.4, -0.2) is 22.5 Å². The van der Waals surface area contributed by atoms with E-state index in [9.17, 15) is 9.18 Å². The first-order chi connectivity index (χ1) is 15.2. The van der Waals surface area contributed by atoms with Crippen LogP contribution in [0.4, 0.5) is 10.1 Å². The first-order valence-corrected chi connectivity index (χ1v) is 10.4. The molecule has 2 aromatic heterocycles. The molecule has 6 heteroatoms. The highest BCUT2D eigenvalue weighted by Crippen LogP contribution is 2.31. The number of rotatable bonds is 8. The fourth-order valence-electron chi connectivity index (χ4n) is 3.70. The molecule has 2 aromatic carbocycles. The normalized spacial score (nSPS) is 10.9. The summed E-state index contributed by atoms with van der Waals surface area (Å²) in [4.78, 5) is 20.3. The second-order valence-electron chi connectivity index (χ2n) is 7.21. The number of amides is 1. The zero-order chi connectivity index (χ0) is 21.6. The number of benzene rings is 2. The van der Waals surface area contributed by atoms with E-state index in [1.807, 2.05) is 49.4 Å². The Bertz CT molecular complexity index is 1190.